The van der Waals surface area contributed by atoms with Crippen LogP contribution >= 0.6 is 0 Å². The molecule has 88 heavy (non-hydrogen) atoms. The number of nitrogens with zero attached hydrogens (tertiary/aromatic N) is 2. The summed E-state index contributed by atoms with van der Waals surface area (Å²) < 4.78 is 0. The van der Waals surface area contributed by atoms with Crippen LogP contribution in [0.5, 0.6) is 0 Å². The molecule has 5 aliphatic rings. The third-order valence-electron chi connectivity index (χ3n) is 18.9. The lowest BCUT2D eigenvalue weighted by atomic mass is 9.56. The zero-order chi connectivity index (χ0) is 58.1. The molecule has 0 saturated heterocycles. The minimum Gasteiger partial charge on any atom is -0.311 e. The van der Waals surface area contributed by atoms with E-state index in [9.17, 15) is 0 Å². The third-order valence-corrected chi connectivity index (χ3v) is 18.9. The second-order valence-electron chi connectivity index (χ2n) is 23.8. The normalized spacial score (nSPS) is 16.1. The molecule has 2 nitrogen and oxygen atoms in total. The first-order chi connectivity index (χ1) is 43.6. The van der Waals surface area contributed by atoms with Gasteiger partial charge in [-0.25, -0.2) is 0 Å². The SMILES string of the molecule is C1=CC=C2CC(=C1)C=c1ccccc1=C2c1ccc2c(c1)C1(C3=C(C=CCC=C3)N(c3ccc(N(c4ccc(-c5ccccc5)cc4)c4ccc(-c5ccccc5)cc4)cc3)c3ccccc31)c1cc(-c3c4ccccc4cc4ccccc34)ccc1C2. The number of fused-ring (bicyclic) bond motifs is 12. The van der Waals surface area contributed by atoms with Gasteiger partial charge < -0.3 is 9.80 Å². The van der Waals surface area contributed by atoms with E-state index < -0.39 is 5.41 Å². The Labute approximate surface area is 514 Å². The predicted octanol–water partition coefficient (Wildman–Crippen LogP) is 20.4. The van der Waals surface area contributed by atoms with Crippen LogP contribution in [0.3, 0.4) is 0 Å². The molecule has 0 radical (unpaired) electrons. The van der Waals surface area contributed by atoms with E-state index in [1.54, 1.807) is 0 Å². The zero-order valence-corrected chi connectivity index (χ0v) is 48.7. The average molecular weight is 1120 g/mol. The van der Waals surface area contributed by atoms with Gasteiger partial charge in [0.15, 0.2) is 0 Å². The first-order valence-electron chi connectivity index (χ1n) is 30.9. The number of allylic oxidation sites excluding steroid dienone is 11. The number of para-hydroxylation sites is 1. The summed E-state index contributed by atoms with van der Waals surface area (Å²) in [7, 11) is 0. The monoisotopic (exact) mass is 1120 g/mol. The molecule has 1 heterocycles. The largest absolute Gasteiger partial charge is 0.311 e. The molecule has 12 aromatic carbocycles. The number of rotatable bonds is 8. The van der Waals surface area contributed by atoms with Crippen molar-refractivity contribution in [1.29, 1.82) is 0 Å². The van der Waals surface area contributed by atoms with Gasteiger partial charge in [0, 0.05) is 22.7 Å². The molecule has 0 amide bonds. The Morgan fingerprint density at radius 3 is 1.61 bits per heavy atom. The Kier molecular flexibility index (Phi) is 12.4. The second-order valence-corrected chi connectivity index (χ2v) is 23.8. The summed E-state index contributed by atoms with van der Waals surface area (Å²) in [6, 6.07) is 102. The molecule has 1 unspecified atom stereocenters. The van der Waals surface area contributed by atoms with Gasteiger partial charge in [0.2, 0.25) is 0 Å². The topological polar surface area (TPSA) is 6.48 Å². The van der Waals surface area contributed by atoms with Crippen LogP contribution in [-0.4, -0.2) is 0 Å². The van der Waals surface area contributed by atoms with Gasteiger partial charge in [-0.2, -0.15) is 0 Å². The van der Waals surface area contributed by atoms with Gasteiger partial charge in [0.25, 0.3) is 0 Å². The quantitative estimate of drug-likeness (QED) is 0.140. The average Bonchev–Trinajstić information content (AvgIpc) is 0.842. The van der Waals surface area contributed by atoms with E-state index in [4.69, 9.17) is 0 Å². The first-order valence-corrected chi connectivity index (χ1v) is 30.9. The fraction of sp³-hybridized carbons (Fsp3) is 0.0465. The van der Waals surface area contributed by atoms with Gasteiger partial charge >= 0.3 is 0 Å². The smallest absolute Gasteiger partial charge is 0.0748 e. The van der Waals surface area contributed by atoms with E-state index in [0.29, 0.717) is 0 Å². The Morgan fingerprint density at radius 2 is 0.932 bits per heavy atom. The van der Waals surface area contributed by atoms with Gasteiger partial charge in [-0.15, -0.1) is 0 Å². The maximum absolute atomic E-state index is 2.61. The van der Waals surface area contributed by atoms with Crippen LogP contribution < -0.4 is 20.2 Å². The lowest BCUT2D eigenvalue weighted by molar-refractivity contribution is 0.682. The van der Waals surface area contributed by atoms with Crippen LogP contribution in [0.1, 0.15) is 46.2 Å². The fourth-order valence-corrected chi connectivity index (χ4v) is 15.0. The molecule has 1 aliphatic heterocycles. The van der Waals surface area contributed by atoms with Gasteiger partial charge in [-0.05, 0) is 219 Å². The van der Waals surface area contributed by atoms with Crippen LogP contribution in [0.4, 0.5) is 28.4 Å². The van der Waals surface area contributed by atoms with Crippen LogP contribution in [0.15, 0.2) is 344 Å². The molecular formula is C86H60N2. The van der Waals surface area contributed by atoms with Crippen molar-refractivity contribution in [3.63, 3.8) is 0 Å². The van der Waals surface area contributed by atoms with Crippen LogP contribution in [0.25, 0.3) is 66.6 Å². The highest BCUT2D eigenvalue weighted by molar-refractivity contribution is 6.13. The summed E-state index contributed by atoms with van der Waals surface area (Å²) in [5.74, 6) is 0. The fourth-order valence-electron chi connectivity index (χ4n) is 15.0. The molecule has 17 rings (SSSR count). The van der Waals surface area contributed by atoms with Crippen molar-refractivity contribution in [2.45, 2.75) is 24.7 Å². The Hall–Kier alpha value is -11.1. The van der Waals surface area contributed by atoms with E-state index >= 15 is 0 Å². The molecule has 0 fully saturated rings. The number of benzene rings is 12. The molecular weight excluding hydrogens is 1060 g/mol. The highest BCUT2D eigenvalue weighted by Crippen LogP contribution is 2.60. The minimum absolute atomic E-state index is 0.739. The predicted molar refractivity (Wildman–Crippen MR) is 369 cm³/mol. The molecule has 2 heteroatoms. The highest BCUT2D eigenvalue weighted by atomic mass is 15.2. The van der Waals surface area contributed by atoms with Crippen molar-refractivity contribution in [3.8, 4) is 33.4 Å². The lowest BCUT2D eigenvalue weighted by Gasteiger charge is -2.49. The maximum atomic E-state index is 2.61. The number of anilines is 5. The molecule has 2 bridgehead atoms. The molecule has 0 saturated carbocycles. The van der Waals surface area contributed by atoms with Crippen LogP contribution in [-0.2, 0) is 11.8 Å². The van der Waals surface area contributed by atoms with Crippen LogP contribution in [0.2, 0.25) is 0 Å². The Bertz CT molecular complexity index is 5000. The van der Waals surface area contributed by atoms with E-state index in [0.717, 1.165) is 47.7 Å². The maximum Gasteiger partial charge on any atom is 0.0748 e. The summed E-state index contributed by atoms with van der Waals surface area (Å²) in [4.78, 5) is 4.93. The second kappa shape index (κ2) is 21.2. The molecule has 4 aliphatic carbocycles. The molecule has 414 valence electrons. The van der Waals surface area contributed by atoms with Gasteiger partial charge in [-0.1, -0.05) is 249 Å². The summed E-state index contributed by atoms with van der Waals surface area (Å²) in [5, 5.41) is 7.53. The summed E-state index contributed by atoms with van der Waals surface area (Å²) in [6.45, 7) is 0. The van der Waals surface area contributed by atoms with Gasteiger partial charge in [0.1, 0.15) is 0 Å². The Balaban J connectivity index is 0.885. The zero-order valence-electron chi connectivity index (χ0n) is 48.7. The van der Waals surface area contributed by atoms with Crippen molar-refractivity contribution in [3.05, 3.63) is 388 Å². The standard InChI is InChI=1S/C86H60N2/c1-4-21-59(22-5-1)61-40-44-71(45-41-61)87(72-46-42-62(43-47-72)60-23-6-2-7-24-60)73-48-50-74(51-49-73)88-82-34-9-3-8-32-78(82)86(79-33-18-19-35-83(79)88)80-56-69(84-68-28-11-10-20-58(53-68)52-63-25-12-15-29-75(63)84)38-36-66(80)55-67-37-39-70(57-81(67)86)85-76-30-16-13-26-64(76)54-65-27-14-17-31-77(65)85/h1-2,4-52,54,56-57H,3,53,55H2. The summed E-state index contributed by atoms with van der Waals surface area (Å²) in [6.07, 6.45) is 23.6. The first kappa shape index (κ1) is 51.4. The van der Waals surface area contributed by atoms with Gasteiger partial charge in [-0.3, -0.25) is 0 Å². The van der Waals surface area contributed by atoms with Crippen LogP contribution in [0, 0.1) is 0 Å². The van der Waals surface area contributed by atoms with Crippen molar-refractivity contribution < 1.29 is 0 Å². The van der Waals surface area contributed by atoms with Gasteiger partial charge in [0.05, 0.1) is 16.8 Å². The summed E-state index contributed by atoms with van der Waals surface area (Å²) in [5.41, 5.74) is 26.3. The Morgan fingerprint density at radius 1 is 0.398 bits per heavy atom. The van der Waals surface area contributed by atoms with E-state index in [-0.39, 0.29) is 0 Å². The number of hydrogen-bond donors (Lipinski definition) is 0. The van der Waals surface area contributed by atoms with Crippen molar-refractivity contribution in [2.75, 3.05) is 9.80 Å². The van der Waals surface area contributed by atoms with Crippen molar-refractivity contribution >= 4 is 61.6 Å². The molecule has 12 aromatic rings. The lowest BCUT2D eigenvalue weighted by Crippen LogP contribution is -2.42. The third kappa shape index (κ3) is 8.47. The molecule has 0 N–H and O–H groups in total. The molecule has 1 atom stereocenters. The van der Waals surface area contributed by atoms with E-state index in [1.165, 1.54) is 127 Å². The molecule has 1 spiro atoms. The van der Waals surface area contributed by atoms with Crippen molar-refractivity contribution in [2.24, 2.45) is 0 Å². The highest BCUT2D eigenvalue weighted by Gasteiger charge is 2.51. The van der Waals surface area contributed by atoms with E-state index in [2.05, 4.69) is 337 Å². The number of hydrogen-bond acceptors (Lipinski definition) is 2. The minimum atomic E-state index is -0.739. The van der Waals surface area contributed by atoms with Crippen molar-refractivity contribution in [1.82, 2.24) is 0 Å². The molecule has 0 aromatic heterocycles. The van der Waals surface area contributed by atoms with E-state index in [1.807, 2.05) is 0 Å². The summed E-state index contributed by atoms with van der Waals surface area (Å²) >= 11 is 0.